The molecule has 2 N–H and O–H groups in total. The summed E-state index contributed by atoms with van der Waals surface area (Å²) in [6.45, 7) is 4.84. The number of nitrogens with zero attached hydrogens (tertiary/aromatic N) is 3. The Kier molecular flexibility index (Phi) is 15.2. The third-order valence-electron chi connectivity index (χ3n) is 11.1. The van der Waals surface area contributed by atoms with Crippen LogP contribution < -0.4 is 14.9 Å². The van der Waals surface area contributed by atoms with Crippen molar-refractivity contribution in [2.45, 2.75) is 64.3 Å². The second kappa shape index (κ2) is 19.9. The predicted molar refractivity (Wildman–Crippen MR) is 233 cm³/mol. The lowest BCUT2D eigenvalue weighted by molar-refractivity contribution is -0.0435. The lowest BCUT2D eigenvalue weighted by atomic mass is 9.75. The summed E-state index contributed by atoms with van der Waals surface area (Å²) in [5, 5.41) is 3.68. The molecule has 4 aromatic carbocycles. The number of alkyl halides is 3. The lowest BCUT2D eigenvalue weighted by Crippen LogP contribution is -2.48. The molecule has 1 amide bonds. The topological polar surface area (TPSA) is 119 Å². The van der Waals surface area contributed by atoms with Gasteiger partial charge in [0.25, 0.3) is 25.8 Å². The summed E-state index contributed by atoms with van der Waals surface area (Å²) in [6.07, 6.45) is 5.26. The molecular formula is C43H51ClF3N5O5S3. The molecule has 0 radical (unpaired) electrons. The quantitative estimate of drug-likeness (QED) is 0.106. The molecule has 2 fully saturated rings. The Morgan fingerprint density at radius 1 is 0.883 bits per heavy atom. The Morgan fingerprint density at radius 2 is 1.55 bits per heavy atom. The van der Waals surface area contributed by atoms with Crippen molar-refractivity contribution in [2.24, 2.45) is 5.92 Å². The molecule has 0 aromatic heterocycles. The van der Waals surface area contributed by atoms with Gasteiger partial charge in [0.05, 0.1) is 10.6 Å². The van der Waals surface area contributed by atoms with Crippen LogP contribution >= 0.6 is 23.4 Å². The van der Waals surface area contributed by atoms with Crippen molar-refractivity contribution in [1.29, 1.82) is 0 Å². The van der Waals surface area contributed by atoms with Crippen LogP contribution in [0.4, 0.5) is 24.5 Å². The highest BCUT2D eigenvalue weighted by atomic mass is 35.5. The minimum Gasteiger partial charge on any atom is -0.380 e. The van der Waals surface area contributed by atoms with Crippen molar-refractivity contribution in [3.63, 3.8) is 0 Å². The van der Waals surface area contributed by atoms with Crippen LogP contribution in [-0.2, 0) is 19.9 Å². The monoisotopic (exact) mass is 905 g/mol. The number of sulfone groups is 1. The molecule has 1 unspecified atom stereocenters. The number of hydrogen-bond acceptors (Lipinski definition) is 10. The van der Waals surface area contributed by atoms with Crippen LogP contribution in [0.5, 0.6) is 0 Å². The van der Waals surface area contributed by atoms with Crippen LogP contribution in [0.1, 0.15) is 53.9 Å². The summed E-state index contributed by atoms with van der Waals surface area (Å²) in [5.41, 5.74) is -3.91. The fourth-order valence-corrected chi connectivity index (χ4v) is 11.0. The average molecular weight is 907 g/mol. The van der Waals surface area contributed by atoms with Crippen molar-refractivity contribution in [3.8, 4) is 0 Å². The summed E-state index contributed by atoms with van der Waals surface area (Å²) in [5.74, 6) is 0.434. The minimum atomic E-state index is -6.03. The number of carbonyl (C=O) groups excluding carboxylic acids is 1. The number of sulfonamides is 1. The molecule has 0 bridgehead atoms. The van der Waals surface area contributed by atoms with E-state index in [1.54, 1.807) is 12.1 Å². The molecule has 1 saturated carbocycles. The SMILES string of the molecule is CN(C)CC[C@@H](CSc1ccccc1)Nc1ccc(S(=O)(=O)NC(=O)c2ccc(N3CCN(CC4CCCC[C@@H]4c4ccc(Cl)cc4)CC3)cc2)cc1S(=O)(=O)C(F)(F)F. The fraction of sp³-hybridized carbons (Fsp3) is 0.419. The van der Waals surface area contributed by atoms with Crippen LogP contribution in [-0.4, -0.2) is 103 Å². The van der Waals surface area contributed by atoms with Gasteiger partial charge in [-0.3, -0.25) is 9.69 Å². The summed E-state index contributed by atoms with van der Waals surface area (Å²) in [6, 6.07) is 25.9. The highest BCUT2D eigenvalue weighted by molar-refractivity contribution is 7.99. The molecule has 2 aliphatic rings. The van der Waals surface area contributed by atoms with Gasteiger partial charge in [-0.2, -0.15) is 13.2 Å². The van der Waals surface area contributed by atoms with Crippen LogP contribution in [0.2, 0.25) is 5.02 Å². The molecule has 60 heavy (non-hydrogen) atoms. The Hall–Kier alpha value is -3.80. The van der Waals surface area contributed by atoms with Crippen LogP contribution in [0, 0.1) is 5.92 Å². The van der Waals surface area contributed by atoms with Gasteiger partial charge in [0.2, 0.25) is 0 Å². The van der Waals surface area contributed by atoms with E-state index in [0.29, 0.717) is 36.6 Å². The zero-order valence-corrected chi connectivity index (χ0v) is 36.8. The highest BCUT2D eigenvalue weighted by Crippen LogP contribution is 2.39. The van der Waals surface area contributed by atoms with Gasteiger partial charge in [-0.25, -0.2) is 21.6 Å². The van der Waals surface area contributed by atoms with E-state index in [9.17, 15) is 34.8 Å². The van der Waals surface area contributed by atoms with Gasteiger partial charge in [-0.1, -0.05) is 54.8 Å². The zero-order valence-electron chi connectivity index (χ0n) is 33.6. The first-order chi connectivity index (χ1) is 28.5. The van der Waals surface area contributed by atoms with Crippen LogP contribution in [0.25, 0.3) is 0 Å². The maximum Gasteiger partial charge on any atom is 0.501 e. The summed E-state index contributed by atoms with van der Waals surface area (Å²) in [7, 11) is -7.17. The third-order valence-corrected chi connectivity index (χ3v) is 15.4. The fourth-order valence-electron chi connectivity index (χ4n) is 7.84. The maximum atomic E-state index is 14.0. The molecule has 17 heteroatoms. The molecule has 3 atom stereocenters. The van der Waals surface area contributed by atoms with E-state index in [2.05, 4.69) is 27.2 Å². The standard InChI is InChI=1S/C43H51ClF3N5O5S3/c1-50(2)23-22-35(30-58-37-9-4-3-5-10-37)48-40-21-20-38(28-41(40)59(54,55)43(45,46)47)60(56,57)49-42(53)32-14-18-36(19-15-32)52-26-24-51(25-27-52)29-33-8-6-7-11-39(33)31-12-16-34(44)17-13-31/h3-5,9-10,12-21,28,33,35,39,48H,6-8,11,22-27,29-30H2,1-2H3,(H,49,53)/t33?,35-,39+/m0/s1. The number of amides is 1. The minimum absolute atomic E-state index is 0.00701. The summed E-state index contributed by atoms with van der Waals surface area (Å²) >= 11 is 7.59. The Morgan fingerprint density at radius 3 is 2.20 bits per heavy atom. The largest absolute Gasteiger partial charge is 0.501 e. The van der Waals surface area contributed by atoms with E-state index in [0.717, 1.165) is 60.5 Å². The first kappa shape index (κ1) is 45.7. The van der Waals surface area contributed by atoms with Gasteiger partial charge in [-0.15, -0.1) is 11.8 Å². The molecule has 1 heterocycles. The second-order valence-corrected chi connectivity index (χ2v) is 20.8. The van der Waals surface area contributed by atoms with E-state index < -0.39 is 52.8 Å². The Bertz CT molecular complexity index is 2280. The van der Waals surface area contributed by atoms with Gasteiger partial charge < -0.3 is 15.1 Å². The first-order valence-electron chi connectivity index (χ1n) is 19.9. The zero-order chi connectivity index (χ0) is 43.1. The molecule has 6 rings (SSSR count). The normalized spacial score (nSPS) is 18.6. The maximum absolute atomic E-state index is 14.0. The molecule has 10 nitrogen and oxygen atoms in total. The van der Waals surface area contributed by atoms with Crippen molar-refractivity contribution in [1.82, 2.24) is 14.5 Å². The Labute approximate surface area is 360 Å². The summed E-state index contributed by atoms with van der Waals surface area (Å²) < 4.78 is 96.7. The van der Waals surface area contributed by atoms with E-state index in [-0.39, 0.29) is 5.56 Å². The highest BCUT2D eigenvalue weighted by Gasteiger charge is 2.48. The van der Waals surface area contributed by atoms with Crippen molar-refractivity contribution < 1.29 is 34.8 Å². The number of carbonyl (C=O) groups is 1. The number of nitrogens with one attached hydrogen (secondary N) is 2. The van der Waals surface area contributed by atoms with Crippen LogP contribution in [0.15, 0.2) is 112 Å². The molecule has 4 aromatic rings. The predicted octanol–water partition coefficient (Wildman–Crippen LogP) is 8.37. The number of thioether (sulfide) groups is 1. The van der Waals surface area contributed by atoms with Gasteiger partial charge in [-0.05, 0) is 124 Å². The lowest BCUT2D eigenvalue weighted by Gasteiger charge is -2.40. The van der Waals surface area contributed by atoms with Gasteiger partial charge in [0.15, 0.2) is 0 Å². The number of rotatable bonds is 16. The van der Waals surface area contributed by atoms with E-state index in [1.807, 2.05) is 66.2 Å². The summed E-state index contributed by atoms with van der Waals surface area (Å²) in [4.78, 5) is 18.7. The van der Waals surface area contributed by atoms with E-state index >= 15 is 0 Å². The molecule has 1 aliphatic heterocycles. The molecule has 1 saturated heterocycles. The van der Waals surface area contributed by atoms with E-state index in [1.165, 1.54) is 55.1 Å². The number of piperazine rings is 1. The van der Waals surface area contributed by atoms with Crippen molar-refractivity contribution in [2.75, 3.05) is 69.3 Å². The van der Waals surface area contributed by atoms with Gasteiger partial charge >= 0.3 is 5.51 Å². The number of halogens is 4. The third kappa shape index (κ3) is 11.8. The Balaban J connectivity index is 1.11. The van der Waals surface area contributed by atoms with Crippen LogP contribution in [0.3, 0.4) is 0 Å². The van der Waals surface area contributed by atoms with Gasteiger partial charge in [0, 0.05) is 65.7 Å². The van der Waals surface area contributed by atoms with Crippen molar-refractivity contribution in [3.05, 3.63) is 113 Å². The van der Waals surface area contributed by atoms with Gasteiger partial charge in [0.1, 0.15) is 4.90 Å². The second-order valence-electron chi connectivity index (χ2n) is 15.6. The molecule has 1 aliphatic carbocycles. The average Bonchev–Trinajstić information content (AvgIpc) is 3.22. The molecule has 0 spiro atoms. The smallest absolute Gasteiger partial charge is 0.380 e. The number of benzene rings is 4. The first-order valence-corrected chi connectivity index (χ1v) is 24.3. The molecular weight excluding hydrogens is 855 g/mol. The number of hydrogen-bond donors (Lipinski definition) is 2. The van der Waals surface area contributed by atoms with Crippen molar-refractivity contribution >= 4 is 60.5 Å². The van der Waals surface area contributed by atoms with E-state index in [4.69, 9.17) is 11.6 Å². The number of anilines is 2. The molecule has 324 valence electrons.